The number of benzene rings is 1. The van der Waals surface area contributed by atoms with Gasteiger partial charge in [-0.1, -0.05) is 23.9 Å². The molecule has 0 saturated carbocycles. The second-order valence-corrected chi connectivity index (χ2v) is 7.72. The Hall–Kier alpha value is -1.32. The predicted molar refractivity (Wildman–Crippen MR) is 116 cm³/mol. The molecule has 2 N–H and O–H groups in total. The Labute approximate surface area is 181 Å². The molecule has 0 radical (unpaired) electrons. The van der Waals surface area contributed by atoms with Gasteiger partial charge < -0.3 is 10.2 Å². The Balaban J connectivity index is 0.00000140. The van der Waals surface area contributed by atoms with Gasteiger partial charge in [-0.05, 0) is 24.1 Å². The molecular weight excluding hydrogens is 419 g/mol. The lowest BCUT2D eigenvalue weighted by Crippen LogP contribution is -2.49. The molecule has 2 fully saturated rings. The van der Waals surface area contributed by atoms with Gasteiger partial charge in [-0.25, -0.2) is 4.98 Å². The molecule has 4 rings (SSSR count). The highest BCUT2D eigenvalue weighted by Crippen LogP contribution is 2.21. The van der Waals surface area contributed by atoms with E-state index in [1.165, 1.54) is 11.9 Å². The number of hydrogen-bond donors (Lipinski definition) is 2. The minimum atomic E-state index is 0. The summed E-state index contributed by atoms with van der Waals surface area (Å²) >= 11 is 1.60. The van der Waals surface area contributed by atoms with Crippen molar-refractivity contribution in [3.8, 4) is 0 Å². The fraction of sp³-hybridized carbons (Fsp3) is 0.500. The van der Waals surface area contributed by atoms with Crippen molar-refractivity contribution in [1.82, 2.24) is 30.3 Å². The second-order valence-electron chi connectivity index (χ2n) is 6.76. The summed E-state index contributed by atoms with van der Waals surface area (Å²) in [4.78, 5) is 21.4. The van der Waals surface area contributed by atoms with Gasteiger partial charge in [0.15, 0.2) is 5.16 Å². The molecule has 1 amide bonds. The van der Waals surface area contributed by atoms with E-state index >= 15 is 0 Å². The number of carbonyl (C=O) groups excluding carboxylic acids is 1. The van der Waals surface area contributed by atoms with Gasteiger partial charge in [0.1, 0.15) is 6.33 Å². The van der Waals surface area contributed by atoms with Gasteiger partial charge in [0.05, 0.1) is 0 Å². The third-order valence-electron chi connectivity index (χ3n) is 5.09. The van der Waals surface area contributed by atoms with E-state index in [0.717, 1.165) is 62.2 Å². The quantitative estimate of drug-likeness (QED) is 0.687. The molecule has 154 valence electrons. The van der Waals surface area contributed by atoms with Gasteiger partial charge in [0.2, 0.25) is 0 Å². The number of piperazine rings is 1. The normalized spacial score (nSPS) is 19.7. The Morgan fingerprint density at radius 2 is 1.89 bits per heavy atom. The topological polar surface area (TPSA) is 77.2 Å². The van der Waals surface area contributed by atoms with Crippen molar-refractivity contribution in [3.05, 3.63) is 41.7 Å². The molecule has 0 aliphatic carbocycles. The fourth-order valence-corrected chi connectivity index (χ4v) is 4.35. The van der Waals surface area contributed by atoms with Crippen molar-refractivity contribution >= 4 is 42.5 Å². The number of halogens is 2. The Morgan fingerprint density at radius 1 is 1.14 bits per heavy atom. The molecule has 2 aliphatic rings. The van der Waals surface area contributed by atoms with Gasteiger partial charge in [0, 0.05) is 56.6 Å². The van der Waals surface area contributed by atoms with Crippen LogP contribution in [-0.2, 0) is 5.75 Å². The van der Waals surface area contributed by atoms with E-state index in [0.29, 0.717) is 6.04 Å². The van der Waals surface area contributed by atoms with Crippen LogP contribution in [0.1, 0.15) is 22.3 Å². The van der Waals surface area contributed by atoms with Gasteiger partial charge in [-0.15, -0.1) is 24.8 Å². The van der Waals surface area contributed by atoms with Crippen LogP contribution in [0, 0.1) is 0 Å². The summed E-state index contributed by atoms with van der Waals surface area (Å²) in [5.74, 6) is 0.954. The first-order chi connectivity index (χ1) is 12.8. The molecule has 10 heteroatoms. The number of nitrogens with zero attached hydrogens (tertiary/aromatic N) is 4. The van der Waals surface area contributed by atoms with Crippen LogP contribution in [0.4, 0.5) is 0 Å². The smallest absolute Gasteiger partial charge is 0.253 e. The van der Waals surface area contributed by atoms with E-state index in [1.807, 2.05) is 29.2 Å². The molecule has 1 aromatic heterocycles. The van der Waals surface area contributed by atoms with Crippen LogP contribution in [0.2, 0.25) is 0 Å². The molecule has 28 heavy (non-hydrogen) atoms. The highest BCUT2D eigenvalue weighted by atomic mass is 35.5. The number of H-pyrrole nitrogens is 1. The highest BCUT2D eigenvalue weighted by Gasteiger charge is 2.31. The maximum absolute atomic E-state index is 12.8. The zero-order valence-electron chi connectivity index (χ0n) is 15.5. The summed E-state index contributed by atoms with van der Waals surface area (Å²) in [6.45, 7) is 5.99. The van der Waals surface area contributed by atoms with Crippen molar-refractivity contribution in [3.63, 3.8) is 0 Å². The van der Waals surface area contributed by atoms with Gasteiger partial charge in [-0.2, -0.15) is 5.10 Å². The van der Waals surface area contributed by atoms with Gasteiger partial charge >= 0.3 is 0 Å². The third kappa shape index (κ3) is 5.61. The number of nitrogens with one attached hydrogen (secondary N) is 2. The molecule has 2 saturated heterocycles. The van der Waals surface area contributed by atoms with Crippen LogP contribution in [0.25, 0.3) is 0 Å². The first kappa shape index (κ1) is 23.0. The number of rotatable bonds is 5. The summed E-state index contributed by atoms with van der Waals surface area (Å²) in [5.41, 5.74) is 1.95. The van der Waals surface area contributed by atoms with Crippen LogP contribution in [0.3, 0.4) is 0 Å². The molecule has 3 heterocycles. The van der Waals surface area contributed by atoms with Crippen molar-refractivity contribution in [1.29, 1.82) is 0 Å². The number of likely N-dealkylation sites (tertiary alicyclic amines) is 1. The zero-order chi connectivity index (χ0) is 17.8. The van der Waals surface area contributed by atoms with Crippen LogP contribution < -0.4 is 5.32 Å². The molecule has 1 aromatic carbocycles. The Bertz CT molecular complexity index is 724. The number of aromatic nitrogens is 3. The van der Waals surface area contributed by atoms with E-state index in [9.17, 15) is 4.79 Å². The highest BCUT2D eigenvalue weighted by molar-refractivity contribution is 7.98. The number of carbonyl (C=O) groups is 1. The standard InChI is InChI=1S/C18H24N6OS.2ClH/c25-17(24-8-5-16(11-24)23-9-6-19-7-10-23)15-3-1-14(2-4-15)12-26-18-20-13-21-22-18;;/h1-4,13,16,19H,5-12H2,(H,20,21,22);2*1H. The second kappa shape index (κ2) is 11.0. The maximum atomic E-state index is 12.8. The fourth-order valence-electron chi connectivity index (χ4n) is 3.61. The van der Waals surface area contributed by atoms with Crippen LogP contribution in [0.15, 0.2) is 35.7 Å². The summed E-state index contributed by atoms with van der Waals surface area (Å²) in [5, 5.41) is 10.9. The molecule has 7 nitrogen and oxygen atoms in total. The van der Waals surface area contributed by atoms with Gasteiger partial charge in [-0.3, -0.25) is 14.8 Å². The Kier molecular flexibility index (Phi) is 9.04. The maximum Gasteiger partial charge on any atom is 0.253 e. The van der Waals surface area contributed by atoms with E-state index < -0.39 is 0 Å². The third-order valence-corrected chi connectivity index (χ3v) is 6.04. The molecule has 2 aliphatic heterocycles. The summed E-state index contributed by atoms with van der Waals surface area (Å²) in [6, 6.07) is 8.45. The minimum absolute atomic E-state index is 0. The van der Waals surface area contributed by atoms with Crippen LogP contribution in [-0.4, -0.2) is 76.2 Å². The minimum Gasteiger partial charge on any atom is -0.337 e. The van der Waals surface area contributed by atoms with Crippen molar-refractivity contribution in [2.75, 3.05) is 39.3 Å². The van der Waals surface area contributed by atoms with E-state index in [2.05, 4.69) is 25.4 Å². The number of hydrogen-bond acceptors (Lipinski definition) is 6. The summed E-state index contributed by atoms with van der Waals surface area (Å²) in [7, 11) is 0. The molecule has 1 unspecified atom stereocenters. The van der Waals surface area contributed by atoms with E-state index in [-0.39, 0.29) is 30.7 Å². The van der Waals surface area contributed by atoms with Crippen molar-refractivity contribution in [2.24, 2.45) is 0 Å². The Morgan fingerprint density at radius 3 is 2.57 bits per heavy atom. The average molecular weight is 445 g/mol. The van der Waals surface area contributed by atoms with E-state index in [1.54, 1.807) is 11.8 Å². The number of aromatic amines is 1. The first-order valence-electron chi connectivity index (χ1n) is 9.11. The van der Waals surface area contributed by atoms with Gasteiger partial charge in [0.25, 0.3) is 5.91 Å². The number of amides is 1. The molecule has 0 spiro atoms. The predicted octanol–water partition coefficient (Wildman–Crippen LogP) is 2.06. The lowest BCUT2D eigenvalue weighted by molar-refractivity contribution is 0.0773. The number of thioether (sulfide) groups is 1. The molecule has 1 atom stereocenters. The summed E-state index contributed by atoms with van der Waals surface area (Å²) < 4.78 is 0. The van der Waals surface area contributed by atoms with E-state index in [4.69, 9.17) is 0 Å². The largest absolute Gasteiger partial charge is 0.337 e. The average Bonchev–Trinajstić information content (AvgIpc) is 3.39. The van der Waals surface area contributed by atoms with Crippen molar-refractivity contribution in [2.45, 2.75) is 23.4 Å². The first-order valence-corrected chi connectivity index (χ1v) is 10.1. The zero-order valence-corrected chi connectivity index (χ0v) is 18.0. The summed E-state index contributed by atoms with van der Waals surface area (Å²) in [6.07, 6.45) is 2.59. The SMILES string of the molecule is Cl.Cl.O=C(c1ccc(CSc2ncn[nH]2)cc1)N1CCC(N2CCNCC2)C1. The van der Waals surface area contributed by atoms with Crippen LogP contribution in [0.5, 0.6) is 0 Å². The molecule has 2 aromatic rings. The molecule has 0 bridgehead atoms. The monoisotopic (exact) mass is 444 g/mol. The lowest BCUT2D eigenvalue weighted by atomic mass is 10.1. The van der Waals surface area contributed by atoms with Crippen molar-refractivity contribution < 1.29 is 4.79 Å². The lowest BCUT2D eigenvalue weighted by Gasteiger charge is -2.32. The molecular formula is C18H26Cl2N6OS. The van der Waals surface area contributed by atoms with Crippen LogP contribution >= 0.6 is 36.6 Å².